The lowest BCUT2D eigenvalue weighted by Crippen LogP contribution is -1.86. The molecule has 1 aromatic carbocycles. The molecule has 0 saturated carbocycles. The third kappa shape index (κ3) is 134. The van der Waals surface area contributed by atoms with Gasteiger partial charge in [-0.1, -0.05) is 57.2 Å². The van der Waals surface area contributed by atoms with Gasteiger partial charge in [0.2, 0.25) is 0 Å². The molecule has 42 heavy (non-hydrogen) atoms. The smallest absolute Gasteiger partial charge is 0.118 e. The summed E-state index contributed by atoms with van der Waals surface area (Å²) in [7, 11) is 0. The minimum atomic E-state index is -0.125. The Balaban J connectivity index is -0.0000000333. The average molecular weight is 595 g/mol. The fraction of sp³-hybridized carbons (Fsp3) is 0.368. The Labute approximate surface area is 265 Å². The minimum Gasteiger partial charge on any atom is -0.508 e. The maximum absolute atomic E-state index is 9.55. The summed E-state index contributed by atoms with van der Waals surface area (Å²) in [6, 6.07) is 7.65. The van der Waals surface area contributed by atoms with Crippen molar-refractivity contribution in [1.29, 1.82) is 0 Å². The van der Waals surface area contributed by atoms with E-state index in [1.54, 1.807) is 6.07 Å². The highest BCUT2D eigenvalue weighted by atomic mass is 16.5. The molecule has 0 atom stereocenters. The Morgan fingerprint density at radius 2 is 0.810 bits per heavy atom. The van der Waals surface area contributed by atoms with Gasteiger partial charge in [0, 0.05) is 13.2 Å². The van der Waals surface area contributed by atoms with Gasteiger partial charge in [0.05, 0.1) is 13.2 Å². The number of benzene rings is 1. The van der Waals surface area contributed by atoms with Crippen LogP contribution in [-0.2, 0) is 11.2 Å². The van der Waals surface area contributed by atoms with E-state index >= 15 is 0 Å². The van der Waals surface area contributed by atoms with Crippen molar-refractivity contribution in [2.24, 2.45) is 0 Å². The molecule has 0 spiro atoms. The van der Waals surface area contributed by atoms with E-state index in [1.165, 1.54) is 38.5 Å². The predicted molar refractivity (Wildman–Crippen MR) is 203 cm³/mol. The van der Waals surface area contributed by atoms with Gasteiger partial charge in [0.15, 0.2) is 0 Å². The van der Waals surface area contributed by atoms with Crippen LogP contribution in [-0.4, -0.2) is 41.7 Å². The summed E-state index contributed by atoms with van der Waals surface area (Å²) < 4.78 is 4.83. The highest BCUT2D eigenvalue weighted by molar-refractivity contribution is 5.31. The maximum atomic E-state index is 9.55. The van der Waals surface area contributed by atoms with Crippen LogP contribution in [0.4, 0.5) is 0 Å². The van der Waals surface area contributed by atoms with Crippen LogP contribution < -0.4 is 0 Å². The predicted octanol–water partition coefficient (Wildman–Crippen LogP) is 11.5. The number of aryl methyl sites for hydroxylation is 1. The molecule has 4 heteroatoms. The molecule has 4 nitrogen and oxygen atoms in total. The van der Waals surface area contributed by atoms with Gasteiger partial charge in [0.1, 0.15) is 5.75 Å². The van der Waals surface area contributed by atoms with Gasteiger partial charge in [-0.3, -0.25) is 0 Å². The highest BCUT2D eigenvalue weighted by Crippen LogP contribution is 2.18. The molecule has 1 rings (SSSR count). The summed E-state index contributed by atoms with van der Waals surface area (Å²) in [6.07, 6.45) is 8.85. The zero-order chi connectivity index (χ0) is 36.5. The second kappa shape index (κ2) is 146. The molecule has 1 aromatic rings. The number of para-hydroxylation sites is 1. The summed E-state index contributed by atoms with van der Waals surface area (Å²) in [5.41, 5.74) is 1.09. The summed E-state index contributed by atoms with van der Waals surface area (Å²) in [5, 5.41) is 24.8. The summed E-state index contributed by atoms with van der Waals surface area (Å²) in [4.78, 5) is 0. The molecule has 0 unspecified atom stereocenters. The van der Waals surface area contributed by atoms with Gasteiger partial charge < -0.3 is 20.1 Å². The van der Waals surface area contributed by atoms with Gasteiger partial charge in [-0.15, -0.1) is 118 Å². The molecule has 0 fully saturated rings. The zero-order valence-corrected chi connectivity index (χ0v) is 28.6. The third-order valence-corrected chi connectivity index (χ3v) is 3.30. The number of hydrogen-bond acceptors (Lipinski definition) is 4. The van der Waals surface area contributed by atoms with E-state index in [2.05, 4.69) is 125 Å². The van der Waals surface area contributed by atoms with Crippen LogP contribution in [0.2, 0.25) is 0 Å². The standard InChI is InChI=1S/C14H22O.C4H10O.C2H6O2.9C2H4/c1-2-3-4-5-6-7-10-13-11-8-9-12-14(13)15;1-3-5-4-2;3-1-2-4;9*1-2/h8-9,11-12,15H,2-7,10H2,1H3;3-4H2,1-2H3;3-4H,1-2H2;9*1-2H2. The van der Waals surface area contributed by atoms with E-state index in [-0.39, 0.29) is 13.2 Å². The Morgan fingerprint density at radius 3 is 1.07 bits per heavy atom. The van der Waals surface area contributed by atoms with E-state index in [4.69, 9.17) is 14.9 Å². The monoisotopic (exact) mass is 595 g/mol. The first-order chi connectivity index (χ1) is 20.7. The van der Waals surface area contributed by atoms with Crippen LogP contribution >= 0.6 is 0 Å². The first-order valence-corrected chi connectivity index (χ1v) is 13.7. The van der Waals surface area contributed by atoms with Crippen LogP contribution in [0.5, 0.6) is 5.75 Å². The molecule has 0 aliphatic rings. The van der Waals surface area contributed by atoms with Crippen molar-refractivity contribution in [2.75, 3.05) is 26.4 Å². The molecule has 0 aliphatic carbocycles. The maximum Gasteiger partial charge on any atom is 0.118 e. The minimum absolute atomic E-state index is 0.125. The molecule has 0 aliphatic heterocycles. The van der Waals surface area contributed by atoms with E-state index in [9.17, 15) is 5.11 Å². The Morgan fingerprint density at radius 1 is 0.500 bits per heavy atom. The Kier molecular flexibility index (Phi) is 249. The Hall–Kier alpha value is -3.44. The fourth-order valence-corrected chi connectivity index (χ4v) is 2.02. The second-order valence-electron chi connectivity index (χ2n) is 5.38. The second-order valence-corrected chi connectivity index (χ2v) is 5.38. The van der Waals surface area contributed by atoms with Gasteiger partial charge in [-0.05, 0) is 38.3 Å². The first kappa shape index (κ1) is 71.6. The lowest BCUT2D eigenvalue weighted by atomic mass is 10.0. The van der Waals surface area contributed by atoms with Gasteiger partial charge >= 0.3 is 0 Å². The molecule has 3 N–H and O–H groups in total. The number of rotatable bonds is 10. The molecule has 250 valence electrons. The Bertz CT molecular complexity index is 434. The molecule has 0 bridgehead atoms. The summed E-state index contributed by atoms with van der Waals surface area (Å²) in [6.45, 7) is 61.7. The van der Waals surface area contributed by atoms with Gasteiger partial charge in [-0.2, -0.15) is 0 Å². The molecule has 0 amide bonds. The van der Waals surface area contributed by atoms with Crippen LogP contribution in [0.15, 0.2) is 143 Å². The van der Waals surface area contributed by atoms with Crippen molar-refractivity contribution in [3.05, 3.63) is 148 Å². The van der Waals surface area contributed by atoms with Crippen molar-refractivity contribution >= 4 is 0 Å². The van der Waals surface area contributed by atoms with E-state index in [1.807, 2.05) is 32.0 Å². The van der Waals surface area contributed by atoms with Gasteiger partial charge in [-0.25, -0.2) is 0 Å². The first-order valence-electron chi connectivity index (χ1n) is 13.7. The SMILES string of the molecule is C=C.C=C.C=C.C=C.C=C.C=C.C=C.C=C.C=C.CCCCCCCCc1ccccc1O.CCOCC.OCCO. The number of phenolic OH excluding ortho intramolecular Hbond substituents is 1. The largest absolute Gasteiger partial charge is 0.508 e. The van der Waals surface area contributed by atoms with E-state index in [0.29, 0.717) is 5.75 Å². The van der Waals surface area contributed by atoms with E-state index in [0.717, 1.165) is 25.2 Å². The van der Waals surface area contributed by atoms with Crippen LogP contribution in [0.25, 0.3) is 0 Å². The van der Waals surface area contributed by atoms with Crippen molar-refractivity contribution in [3.8, 4) is 5.75 Å². The van der Waals surface area contributed by atoms with Crippen LogP contribution in [0, 0.1) is 0 Å². The molecular formula is C38H74O4. The summed E-state index contributed by atoms with van der Waals surface area (Å²) in [5.74, 6) is 0.450. The number of hydrogen-bond donors (Lipinski definition) is 3. The topological polar surface area (TPSA) is 69.9 Å². The number of ether oxygens (including phenoxy) is 1. The summed E-state index contributed by atoms with van der Waals surface area (Å²) >= 11 is 0. The van der Waals surface area contributed by atoms with Crippen molar-refractivity contribution in [3.63, 3.8) is 0 Å². The fourth-order valence-electron chi connectivity index (χ4n) is 2.02. The lowest BCUT2D eigenvalue weighted by molar-refractivity contribution is 0.162. The average Bonchev–Trinajstić information content (AvgIpc) is 3.12. The zero-order valence-electron chi connectivity index (χ0n) is 28.6. The van der Waals surface area contributed by atoms with Crippen molar-refractivity contribution in [2.45, 2.75) is 65.7 Å². The van der Waals surface area contributed by atoms with Gasteiger partial charge in [0.25, 0.3) is 0 Å². The number of unbranched alkanes of at least 4 members (excludes halogenated alkanes) is 5. The molecular weight excluding hydrogens is 520 g/mol. The number of aromatic hydroxyl groups is 1. The van der Waals surface area contributed by atoms with Crippen molar-refractivity contribution < 1.29 is 20.1 Å². The normalized spacial score (nSPS) is 6.31. The molecule has 0 saturated heterocycles. The van der Waals surface area contributed by atoms with Crippen LogP contribution in [0.1, 0.15) is 64.9 Å². The number of aliphatic hydroxyl groups excluding tert-OH is 2. The quantitative estimate of drug-likeness (QED) is 0.186. The lowest BCUT2D eigenvalue weighted by Gasteiger charge is -2.03. The number of aliphatic hydroxyl groups is 2. The van der Waals surface area contributed by atoms with Crippen molar-refractivity contribution in [1.82, 2.24) is 0 Å². The number of phenols is 1. The molecule has 0 heterocycles. The molecule has 0 radical (unpaired) electrons. The third-order valence-electron chi connectivity index (χ3n) is 3.30. The van der Waals surface area contributed by atoms with Crippen LogP contribution in [0.3, 0.4) is 0 Å². The molecule has 0 aromatic heterocycles. The van der Waals surface area contributed by atoms with E-state index < -0.39 is 0 Å². The highest BCUT2D eigenvalue weighted by Gasteiger charge is 1.98.